The standard InChI is InChI=1S/C18H15N7/c1-2-5-14(6-3-1)12-25-18-16(11-23-25)17(20-13-21-18)24-22-10-15-7-4-8-19-9-15/h1-11,13H,12H2,(H,20,21,24)/b22-10-. The van der Waals surface area contributed by atoms with E-state index in [-0.39, 0.29) is 0 Å². The van der Waals surface area contributed by atoms with E-state index in [9.17, 15) is 0 Å². The number of hydrogen-bond acceptors (Lipinski definition) is 6. The van der Waals surface area contributed by atoms with Crippen LogP contribution in [-0.2, 0) is 6.54 Å². The highest BCUT2D eigenvalue weighted by Gasteiger charge is 2.09. The molecule has 1 N–H and O–H groups in total. The molecule has 0 spiro atoms. The smallest absolute Gasteiger partial charge is 0.163 e. The molecule has 7 nitrogen and oxygen atoms in total. The van der Waals surface area contributed by atoms with Crippen LogP contribution in [0.1, 0.15) is 11.1 Å². The third-order valence-electron chi connectivity index (χ3n) is 3.68. The van der Waals surface area contributed by atoms with Crippen LogP contribution in [0, 0.1) is 0 Å². The monoisotopic (exact) mass is 329 g/mol. The van der Waals surface area contributed by atoms with Crippen molar-refractivity contribution in [3.8, 4) is 0 Å². The summed E-state index contributed by atoms with van der Waals surface area (Å²) in [6.07, 6.45) is 8.40. The Bertz CT molecular complexity index is 994. The van der Waals surface area contributed by atoms with Gasteiger partial charge in [-0.1, -0.05) is 36.4 Å². The van der Waals surface area contributed by atoms with Gasteiger partial charge in [0.2, 0.25) is 0 Å². The molecule has 0 radical (unpaired) electrons. The molecule has 0 unspecified atom stereocenters. The molecule has 7 heteroatoms. The number of anilines is 1. The Labute approximate surface area is 144 Å². The molecule has 0 atom stereocenters. The fourth-order valence-electron chi connectivity index (χ4n) is 2.47. The summed E-state index contributed by atoms with van der Waals surface area (Å²) in [5, 5.41) is 9.46. The molecule has 0 aliphatic rings. The zero-order valence-corrected chi connectivity index (χ0v) is 13.3. The third kappa shape index (κ3) is 3.35. The quantitative estimate of drug-likeness (QED) is 0.450. The first kappa shape index (κ1) is 14.9. The molecule has 0 aliphatic heterocycles. The number of pyridine rings is 1. The maximum Gasteiger partial charge on any atom is 0.163 e. The molecule has 0 fully saturated rings. The van der Waals surface area contributed by atoms with Crippen molar-refractivity contribution in [3.05, 3.63) is 78.5 Å². The van der Waals surface area contributed by atoms with E-state index in [1.807, 2.05) is 35.0 Å². The van der Waals surface area contributed by atoms with Gasteiger partial charge in [0.25, 0.3) is 0 Å². The predicted molar refractivity (Wildman–Crippen MR) is 96.3 cm³/mol. The molecule has 0 saturated heterocycles. The van der Waals surface area contributed by atoms with Crippen molar-refractivity contribution in [1.82, 2.24) is 24.7 Å². The minimum atomic E-state index is 0.615. The Hall–Kier alpha value is -3.61. The Balaban J connectivity index is 1.57. The van der Waals surface area contributed by atoms with E-state index in [2.05, 4.69) is 42.7 Å². The number of fused-ring (bicyclic) bond motifs is 1. The first-order chi connectivity index (χ1) is 12.4. The van der Waals surface area contributed by atoms with Crippen LogP contribution in [0.25, 0.3) is 11.0 Å². The van der Waals surface area contributed by atoms with Crippen LogP contribution >= 0.6 is 0 Å². The van der Waals surface area contributed by atoms with E-state index in [0.29, 0.717) is 12.4 Å². The molecule has 1 aromatic carbocycles. The lowest BCUT2D eigenvalue weighted by molar-refractivity contribution is 0.704. The SMILES string of the molecule is C(=N/Nc1ncnc2c1cnn2Cc1ccccc1)/c1cccnc1. The molecule has 4 rings (SSSR count). The van der Waals surface area contributed by atoms with Crippen LogP contribution in [0.3, 0.4) is 0 Å². The third-order valence-corrected chi connectivity index (χ3v) is 3.68. The molecular formula is C18H15N7. The summed E-state index contributed by atoms with van der Waals surface area (Å²) in [5.41, 5.74) is 5.78. The van der Waals surface area contributed by atoms with Crippen LogP contribution < -0.4 is 5.43 Å². The maximum atomic E-state index is 4.43. The van der Waals surface area contributed by atoms with Gasteiger partial charge in [0.05, 0.1) is 24.3 Å². The molecular weight excluding hydrogens is 314 g/mol. The lowest BCUT2D eigenvalue weighted by Crippen LogP contribution is -2.03. The average molecular weight is 329 g/mol. The van der Waals surface area contributed by atoms with Crippen molar-refractivity contribution in [3.63, 3.8) is 0 Å². The highest BCUT2D eigenvalue weighted by molar-refractivity contribution is 5.87. The van der Waals surface area contributed by atoms with Crippen molar-refractivity contribution in [2.45, 2.75) is 6.54 Å². The second kappa shape index (κ2) is 6.88. The molecule has 0 aliphatic carbocycles. The second-order valence-corrected chi connectivity index (χ2v) is 5.40. The molecule has 0 amide bonds. The van der Waals surface area contributed by atoms with E-state index in [4.69, 9.17) is 0 Å². The van der Waals surface area contributed by atoms with Crippen LogP contribution in [0.2, 0.25) is 0 Å². The van der Waals surface area contributed by atoms with Crippen molar-refractivity contribution in [1.29, 1.82) is 0 Å². The molecule has 3 aromatic heterocycles. The number of hydrogen-bond donors (Lipinski definition) is 1. The molecule has 122 valence electrons. The lowest BCUT2D eigenvalue weighted by Gasteiger charge is -2.04. The largest absolute Gasteiger partial charge is 0.264 e. The van der Waals surface area contributed by atoms with Crippen LogP contribution in [0.15, 0.2) is 72.5 Å². The van der Waals surface area contributed by atoms with E-state index < -0.39 is 0 Å². The van der Waals surface area contributed by atoms with Gasteiger partial charge in [-0.2, -0.15) is 10.2 Å². The summed E-state index contributed by atoms with van der Waals surface area (Å²) in [6.45, 7) is 0.653. The number of benzene rings is 1. The molecule has 0 bridgehead atoms. The van der Waals surface area contributed by atoms with Gasteiger partial charge in [-0.15, -0.1) is 0 Å². The van der Waals surface area contributed by atoms with E-state index in [1.54, 1.807) is 24.8 Å². The van der Waals surface area contributed by atoms with Crippen LogP contribution in [0.4, 0.5) is 5.82 Å². The average Bonchev–Trinajstić information content (AvgIpc) is 3.07. The van der Waals surface area contributed by atoms with Gasteiger partial charge in [-0.05, 0) is 11.6 Å². The van der Waals surface area contributed by atoms with E-state index in [1.165, 1.54) is 6.33 Å². The first-order valence-electron chi connectivity index (χ1n) is 7.80. The van der Waals surface area contributed by atoms with Gasteiger partial charge >= 0.3 is 0 Å². The fraction of sp³-hybridized carbons (Fsp3) is 0.0556. The number of aromatic nitrogens is 5. The van der Waals surface area contributed by atoms with Crippen LogP contribution in [0.5, 0.6) is 0 Å². The highest BCUT2D eigenvalue weighted by atomic mass is 15.3. The van der Waals surface area contributed by atoms with E-state index in [0.717, 1.165) is 22.2 Å². The van der Waals surface area contributed by atoms with Crippen molar-refractivity contribution >= 4 is 23.1 Å². The van der Waals surface area contributed by atoms with Gasteiger partial charge in [-0.3, -0.25) is 10.4 Å². The van der Waals surface area contributed by atoms with Crippen molar-refractivity contribution in [2.24, 2.45) is 5.10 Å². The van der Waals surface area contributed by atoms with Crippen LogP contribution in [-0.4, -0.2) is 30.9 Å². The summed E-state index contributed by atoms with van der Waals surface area (Å²) in [6, 6.07) is 13.9. The normalized spacial score (nSPS) is 11.2. The van der Waals surface area contributed by atoms with E-state index >= 15 is 0 Å². The van der Waals surface area contributed by atoms with Crippen molar-refractivity contribution in [2.75, 3.05) is 5.43 Å². The Kier molecular flexibility index (Phi) is 4.11. The zero-order valence-electron chi connectivity index (χ0n) is 13.3. The number of hydrazone groups is 1. The fourth-order valence-corrected chi connectivity index (χ4v) is 2.47. The van der Waals surface area contributed by atoms with Gasteiger partial charge in [0.15, 0.2) is 11.5 Å². The number of rotatable bonds is 5. The van der Waals surface area contributed by atoms with Crippen molar-refractivity contribution < 1.29 is 0 Å². The second-order valence-electron chi connectivity index (χ2n) is 5.40. The van der Waals surface area contributed by atoms with Gasteiger partial charge in [0, 0.05) is 18.0 Å². The Morgan fingerprint density at radius 2 is 1.96 bits per heavy atom. The summed E-state index contributed by atoms with van der Waals surface area (Å²) < 4.78 is 1.85. The highest BCUT2D eigenvalue weighted by Crippen LogP contribution is 2.19. The maximum absolute atomic E-state index is 4.43. The predicted octanol–water partition coefficient (Wildman–Crippen LogP) is 2.72. The lowest BCUT2D eigenvalue weighted by atomic mass is 10.2. The number of nitrogens with zero attached hydrogens (tertiary/aromatic N) is 6. The van der Waals surface area contributed by atoms with Gasteiger partial charge in [0.1, 0.15) is 6.33 Å². The zero-order chi connectivity index (χ0) is 16.9. The summed E-state index contributed by atoms with van der Waals surface area (Å²) in [5.74, 6) is 0.615. The van der Waals surface area contributed by atoms with Gasteiger partial charge in [-0.25, -0.2) is 14.6 Å². The molecule has 4 aromatic rings. The minimum Gasteiger partial charge on any atom is -0.264 e. The molecule has 25 heavy (non-hydrogen) atoms. The Morgan fingerprint density at radius 1 is 1.04 bits per heavy atom. The molecule has 3 heterocycles. The topological polar surface area (TPSA) is 80.9 Å². The first-order valence-corrected chi connectivity index (χ1v) is 7.80. The van der Waals surface area contributed by atoms with Gasteiger partial charge < -0.3 is 0 Å². The number of nitrogens with one attached hydrogen (secondary N) is 1. The summed E-state index contributed by atoms with van der Waals surface area (Å²) in [7, 11) is 0. The minimum absolute atomic E-state index is 0.615. The Morgan fingerprint density at radius 3 is 2.80 bits per heavy atom. The molecule has 0 saturated carbocycles. The summed E-state index contributed by atoms with van der Waals surface area (Å²) in [4.78, 5) is 12.7. The summed E-state index contributed by atoms with van der Waals surface area (Å²) >= 11 is 0.